The topological polar surface area (TPSA) is 46.2 Å². The van der Waals surface area contributed by atoms with Gasteiger partial charge < -0.3 is 23.7 Å². The Hall–Kier alpha value is -0.980. The van der Waals surface area contributed by atoms with Crippen LogP contribution in [0.5, 0.6) is 0 Å². The van der Waals surface area contributed by atoms with Gasteiger partial charge in [0.25, 0.3) is 0 Å². The fraction of sp³-hybridized carbons (Fsp3) is 0.943. The first kappa shape index (κ1) is 102. The SMILES string of the molecule is CC(C)(C)C(C)(C)C.CC(C)(C)C12CC3CC(CC(C3)C1)C2.CC(C)(C)C1CCCCC1.CC(C)(C)OC1CC2CCC1(C)C2(C)C.CC(C)(C)OC1CCCCC1.CC(C)(C)c1ccccc1.CC(C)O[C@H]1C(C)(C)[C@H]2CC[C@]1(C)C2.CC(C)O[C@H]1C[C@@H](C)CC[C@@H]1C(C)C.CC(C)[C@@H]1CC[C@@H](C)C[C@H]1OC(C)(C)C. The van der Waals surface area contributed by atoms with E-state index in [0.29, 0.717) is 91.5 Å². The standard InChI is InChI=1S/C14H26O.C14H28O.C14H24.C13H24O.C13H26O.C10H20O.C10H20.C10H14.C8H18/c1-12(2,3)15-11-9-10-7-8-14(11,6)13(10,4)5;1-10(2)12-8-7-11(3)9-13(12)15-14(4,5)6;1-13(2,3)14-7-10-4-11(8-14)6-12(5-10)9-14;1-9(2)14-11-12(3,4)10-6-7-13(11,5)8-10;1-9(2)12-7-6-11(5)8-13(12)14-10(3)4;1-10(2,3)11-9-7-5-4-6-8-9;2*1-10(2,3)9-7-5-4-6-8-9;1-7(2,3)8(4,5)6/h10-11H,7-9H2,1-6H3;10-13H,7-9H2,1-6H3;10-12H,4-9H2,1-3H3;9-11H,6-8H2,1-5H3;9-13H,6-8H2,1-5H3;9H,4-8H2,1-3H3;9H,4-8H2,1-3H3;4-8H,1-3H3;1-6H3/t;11-,12+,13-;;10-,11-,13+;11-,12+,13-;;;;/m.1.00..../s1. The first-order chi connectivity index (χ1) is 50.3. The first-order valence-corrected chi connectivity index (χ1v) is 47.7. The Balaban J connectivity index is 0.000000265. The molecule has 0 aliphatic heterocycles. The Morgan fingerprint density at radius 1 is 0.396 bits per heavy atom. The average Bonchev–Trinajstić information content (AvgIpc) is 1.64. The van der Waals surface area contributed by atoms with Gasteiger partial charge in [-0.1, -0.05) is 269 Å². The molecule has 12 atom stereocenters. The van der Waals surface area contributed by atoms with Crippen LogP contribution in [0, 0.1) is 120 Å². The quantitative estimate of drug-likeness (QED) is 0.247. The lowest BCUT2D eigenvalue weighted by molar-refractivity contribution is -0.119. The molecule has 1 aromatic carbocycles. The summed E-state index contributed by atoms with van der Waals surface area (Å²) in [6.45, 7) is 91.5. The molecule has 111 heavy (non-hydrogen) atoms. The molecular weight excluding hydrogens is 1350 g/mol. The van der Waals surface area contributed by atoms with Crippen LogP contribution in [0.3, 0.4) is 0 Å². The zero-order chi connectivity index (χ0) is 84.9. The molecule has 0 saturated heterocycles. The van der Waals surface area contributed by atoms with Crippen molar-refractivity contribution in [1.82, 2.24) is 0 Å². The van der Waals surface area contributed by atoms with Gasteiger partial charge in [-0.05, 0) is 349 Å². The highest BCUT2D eigenvalue weighted by molar-refractivity contribution is 5.22. The largest absolute Gasteiger partial charge is 0.375 e. The minimum Gasteiger partial charge on any atom is -0.375 e. The normalized spacial score (nSPS) is 33.2. The molecular formula is C106H200O5. The van der Waals surface area contributed by atoms with Gasteiger partial charge in [-0.3, -0.25) is 0 Å². The second-order valence-electron chi connectivity index (χ2n) is 50.7. The second-order valence-corrected chi connectivity index (χ2v) is 50.7. The van der Waals surface area contributed by atoms with Crippen molar-refractivity contribution in [1.29, 1.82) is 0 Å². The van der Waals surface area contributed by atoms with Crippen molar-refractivity contribution in [2.75, 3.05) is 0 Å². The first-order valence-electron chi connectivity index (χ1n) is 47.7. The van der Waals surface area contributed by atoms with Crippen molar-refractivity contribution in [3.05, 3.63) is 35.9 Å². The Kier molecular flexibility index (Phi) is 38.3. The Morgan fingerprint density at radius 3 is 1.14 bits per heavy atom. The number of ether oxygens (including phenoxy) is 5. The van der Waals surface area contributed by atoms with Gasteiger partial charge in [-0.2, -0.15) is 0 Å². The Labute approximate surface area is 696 Å². The lowest BCUT2D eigenvalue weighted by atomic mass is 9.43. The van der Waals surface area contributed by atoms with E-state index < -0.39 is 0 Å². The van der Waals surface area contributed by atoms with E-state index >= 15 is 0 Å². The smallest absolute Gasteiger partial charge is 0.0685 e. The lowest BCUT2D eigenvalue weighted by Crippen LogP contribution is -2.51. The fourth-order valence-corrected chi connectivity index (χ4v) is 22.5. The summed E-state index contributed by atoms with van der Waals surface area (Å²) in [4.78, 5) is 0. The maximum atomic E-state index is 6.27. The van der Waals surface area contributed by atoms with E-state index in [9.17, 15) is 0 Å². The van der Waals surface area contributed by atoms with Crippen molar-refractivity contribution < 1.29 is 23.7 Å². The third-order valence-corrected chi connectivity index (χ3v) is 31.1. The molecule has 1 aromatic rings. The molecule has 0 spiro atoms. The molecule has 5 nitrogen and oxygen atoms in total. The summed E-state index contributed by atoms with van der Waals surface area (Å²) in [7, 11) is 0. The van der Waals surface area contributed by atoms with E-state index in [4.69, 9.17) is 23.7 Å². The summed E-state index contributed by atoms with van der Waals surface area (Å²) in [6, 6.07) is 10.6. The molecule has 12 fully saturated rings. The van der Waals surface area contributed by atoms with Crippen molar-refractivity contribution >= 4 is 0 Å². The molecule has 0 radical (unpaired) electrons. The minimum atomic E-state index is 0.00817. The van der Waals surface area contributed by atoms with Crippen molar-refractivity contribution in [2.45, 2.75) is 522 Å². The molecule has 0 N–H and O–H groups in total. The number of benzene rings is 1. The predicted octanol–water partition coefficient (Wildman–Crippen LogP) is 32.8. The molecule has 12 aliphatic rings. The maximum absolute atomic E-state index is 6.27. The van der Waals surface area contributed by atoms with Crippen molar-refractivity contribution in [3.63, 3.8) is 0 Å². The molecule has 8 bridgehead atoms. The van der Waals surface area contributed by atoms with E-state index in [1.807, 2.05) is 0 Å². The molecule has 12 aliphatic carbocycles. The summed E-state index contributed by atoms with van der Waals surface area (Å²) in [5.74, 6) is 10.9. The van der Waals surface area contributed by atoms with Crippen LogP contribution in [-0.2, 0) is 29.1 Å². The van der Waals surface area contributed by atoms with Gasteiger partial charge in [0.05, 0.1) is 59.5 Å². The molecule has 5 heteroatoms. The van der Waals surface area contributed by atoms with E-state index in [-0.39, 0.29) is 16.8 Å². The van der Waals surface area contributed by atoms with E-state index in [2.05, 4.69) is 307 Å². The predicted molar refractivity (Wildman–Crippen MR) is 488 cm³/mol. The highest BCUT2D eigenvalue weighted by Crippen LogP contribution is 2.68. The molecule has 12 saturated carbocycles. The highest BCUT2D eigenvalue weighted by atomic mass is 16.5. The van der Waals surface area contributed by atoms with Gasteiger partial charge in [-0.25, -0.2) is 0 Å². The molecule has 0 heterocycles. The van der Waals surface area contributed by atoms with Crippen molar-refractivity contribution in [2.24, 2.45) is 120 Å². The summed E-state index contributed by atoms with van der Waals surface area (Å²) < 4.78 is 30.6. The van der Waals surface area contributed by atoms with Crippen LogP contribution in [-0.4, -0.2) is 59.5 Å². The van der Waals surface area contributed by atoms with Crippen LogP contribution in [0.4, 0.5) is 0 Å². The number of hydrogen-bond acceptors (Lipinski definition) is 5. The van der Waals surface area contributed by atoms with Gasteiger partial charge in [0.1, 0.15) is 0 Å². The van der Waals surface area contributed by atoms with Crippen LogP contribution in [0.25, 0.3) is 0 Å². The fourth-order valence-electron chi connectivity index (χ4n) is 22.5. The Morgan fingerprint density at radius 2 is 0.811 bits per heavy atom. The lowest BCUT2D eigenvalue weighted by Gasteiger charge is -2.62. The van der Waals surface area contributed by atoms with Crippen LogP contribution in [0.15, 0.2) is 30.3 Å². The van der Waals surface area contributed by atoms with Gasteiger partial charge in [0, 0.05) is 0 Å². The minimum absolute atomic E-state index is 0.00817. The van der Waals surface area contributed by atoms with Crippen molar-refractivity contribution in [3.8, 4) is 0 Å². The third kappa shape index (κ3) is 32.2. The van der Waals surface area contributed by atoms with Crippen LogP contribution >= 0.6 is 0 Å². The zero-order valence-electron chi connectivity index (χ0n) is 82.7. The van der Waals surface area contributed by atoms with E-state index in [1.54, 1.807) is 38.5 Å². The van der Waals surface area contributed by atoms with Crippen LogP contribution in [0.1, 0.15) is 462 Å². The average molecular weight is 1550 g/mol. The summed E-state index contributed by atoms with van der Waals surface area (Å²) >= 11 is 0. The van der Waals surface area contributed by atoms with E-state index in [0.717, 1.165) is 76.4 Å². The van der Waals surface area contributed by atoms with Gasteiger partial charge in [0.2, 0.25) is 0 Å². The Bertz CT molecular complexity index is 2660. The second kappa shape index (κ2) is 41.5. The summed E-state index contributed by atoms with van der Waals surface area (Å²) in [5.41, 5.74) is 6.26. The summed E-state index contributed by atoms with van der Waals surface area (Å²) in [5, 5.41) is 0. The van der Waals surface area contributed by atoms with Gasteiger partial charge in [0.15, 0.2) is 0 Å². The van der Waals surface area contributed by atoms with Crippen LogP contribution in [0.2, 0.25) is 0 Å². The zero-order valence-corrected chi connectivity index (χ0v) is 82.7. The maximum Gasteiger partial charge on any atom is 0.0685 e. The highest BCUT2D eigenvalue weighted by Gasteiger charge is 2.63. The summed E-state index contributed by atoms with van der Waals surface area (Å²) in [6.07, 6.45) is 42.9. The molecule has 654 valence electrons. The number of fused-ring (bicyclic) bond motifs is 4. The molecule has 13 rings (SSSR count). The molecule has 0 amide bonds. The third-order valence-electron chi connectivity index (χ3n) is 31.1. The molecule has 3 unspecified atom stereocenters. The van der Waals surface area contributed by atoms with Gasteiger partial charge in [-0.15, -0.1) is 0 Å². The van der Waals surface area contributed by atoms with E-state index in [1.165, 1.54) is 147 Å². The number of hydrogen-bond donors (Lipinski definition) is 0. The monoisotopic (exact) mass is 1550 g/mol. The van der Waals surface area contributed by atoms with Gasteiger partial charge >= 0.3 is 0 Å². The molecule has 0 aromatic heterocycles. The van der Waals surface area contributed by atoms with Crippen LogP contribution < -0.4 is 0 Å². The number of rotatable bonds is 9.